The van der Waals surface area contributed by atoms with Crippen LogP contribution in [-0.2, 0) is 49.3 Å². The Morgan fingerprint density at radius 3 is 2.07 bits per heavy atom. The van der Waals surface area contributed by atoms with E-state index < -0.39 is 69.9 Å². The molecule has 2 N–H and O–H groups in total. The fraction of sp³-hybridized carbons (Fsp3) is 0.415. The van der Waals surface area contributed by atoms with Gasteiger partial charge in [0.25, 0.3) is 0 Å². The van der Waals surface area contributed by atoms with Gasteiger partial charge in [0.05, 0.1) is 23.7 Å². The molecule has 1 aliphatic carbocycles. The number of hydrogen-bond acceptors (Lipinski definition) is 11. The molecule has 0 radical (unpaired) electrons. The lowest BCUT2D eigenvalue weighted by molar-refractivity contribution is -0.179. The summed E-state index contributed by atoms with van der Waals surface area (Å²) >= 11 is 23.8. The number of esters is 3. The Morgan fingerprint density at radius 1 is 0.814 bits per heavy atom. The van der Waals surface area contributed by atoms with Crippen LogP contribution in [0.3, 0.4) is 0 Å². The number of epoxide rings is 1. The fourth-order valence-corrected chi connectivity index (χ4v) is 8.66. The van der Waals surface area contributed by atoms with Crippen molar-refractivity contribution in [3.8, 4) is 16.9 Å². The molecular weight excluding hydrogens is 982 g/mol. The number of halogens is 4. The van der Waals surface area contributed by atoms with E-state index in [2.05, 4.69) is 10.6 Å². The van der Waals surface area contributed by atoms with Crippen LogP contribution in [0.4, 0.5) is 4.79 Å². The number of carbonyl (C=O) groups is 5. The summed E-state index contributed by atoms with van der Waals surface area (Å²) in [6.07, 6.45) is -0.599. The van der Waals surface area contributed by atoms with Crippen LogP contribution in [0.1, 0.15) is 81.7 Å². The number of fused-ring (bicyclic) bond motifs is 3. The predicted octanol–water partition coefficient (Wildman–Crippen LogP) is 10.4. The Morgan fingerprint density at radius 2 is 1.46 bits per heavy atom. The minimum atomic E-state index is -1.89. The van der Waals surface area contributed by atoms with Crippen LogP contribution in [0.25, 0.3) is 11.1 Å². The maximum atomic E-state index is 14.2. The number of hydrogen-bond donors (Lipinski definition) is 2. The number of alkyl halides is 3. The number of carbonyl (C=O) groups excluding carboxylic acids is 5. The Hall–Kier alpha value is -5.31. The first-order valence-electron chi connectivity index (χ1n) is 23.0. The topological polar surface area (TPSA) is 168 Å². The summed E-state index contributed by atoms with van der Waals surface area (Å²) < 4.78 is 32.4. The van der Waals surface area contributed by atoms with Gasteiger partial charge < -0.3 is 39.1 Å². The van der Waals surface area contributed by atoms with Gasteiger partial charge >= 0.3 is 24.0 Å². The van der Waals surface area contributed by atoms with E-state index in [0.29, 0.717) is 16.3 Å². The zero-order chi connectivity index (χ0) is 50.8. The van der Waals surface area contributed by atoms with Gasteiger partial charge in [0.15, 0.2) is 6.10 Å². The molecule has 1 fully saturated rings. The van der Waals surface area contributed by atoms with Crippen molar-refractivity contribution in [2.45, 2.75) is 94.0 Å². The van der Waals surface area contributed by atoms with Gasteiger partial charge in [-0.05, 0) is 77.8 Å². The van der Waals surface area contributed by atoms with Crippen LogP contribution < -0.4 is 15.4 Å². The minimum absolute atomic E-state index is 0.0304. The second-order valence-electron chi connectivity index (χ2n) is 18.4. The fourth-order valence-electron chi connectivity index (χ4n) is 8.21. The Bertz CT molecular complexity index is 2470. The molecule has 0 saturated carbocycles. The van der Waals surface area contributed by atoms with Crippen molar-refractivity contribution in [2.75, 3.05) is 26.9 Å². The second kappa shape index (κ2) is 24.2. The predicted molar refractivity (Wildman–Crippen MR) is 268 cm³/mol. The van der Waals surface area contributed by atoms with Crippen molar-refractivity contribution in [2.24, 2.45) is 17.3 Å². The van der Waals surface area contributed by atoms with E-state index >= 15 is 0 Å². The summed E-state index contributed by atoms with van der Waals surface area (Å²) in [5.41, 5.74) is 4.58. The number of nitrogens with one attached hydrogen (secondary N) is 2. The lowest BCUT2D eigenvalue weighted by Gasteiger charge is -2.29. The SMILES string of the molecule is COc1ccc(C[C@@H](NC(=O)/C=C/C[C@H](OC(=O)[C@H](CC(C)C)OC(=O)C(C)(C)CNC(=O)OCC2c3ccccc3-c3ccccc32)[C@H](C)[C@H]2O[C@H]2c2ccccc2)C(=O)OCC(Cl)(Cl)Cl)cc1Cl. The molecule has 0 unspecified atom stereocenters. The molecule has 0 bridgehead atoms. The molecule has 17 heteroatoms. The van der Waals surface area contributed by atoms with E-state index in [1.165, 1.54) is 19.3 Å². The number of ether oxygens (including phenoxy) is 6. The molecule has 374 valence electrons. The highest BCUT2D eigenvalue weighted by molar-refractivity contribution is 6.67. The molecule has 2 amide bonds. The van der Waals surface area contributed by atoms with Crippen molar-refractivity contribution in [3.05, 3.63) is 136 Å². The molecule has 2 aliphatic rings. The van der Waals surface area contributed by atoms with Gasteiger partial charge in [0.1, 0.15) is 37.2 Å². The normalized spacial score (nSPS) is 17.1. The number of rotatable bonds is 22. The van der Waals surface area contributed by atoms with E-state index in [1.807, 2.05) is 99.6 Å². The summed E-state index contributed by atoms with van der Waals surface area (Å²) in [7, 11) is 1.47. The molecule has 6 rings (SSSR count). The number of alkyl carbamates (subject to hydrolysis) is 1. The van der Waals surface area contributed by atoms with Gasteiger partial charge in [0, 0.05) is 31.2 Å². The van der Waals surface area contributed by atoms with Gasteiger partial charge in [-0.25, -0.2) is 14.4 Å². The largest absolute Gasteiger partial charge is 0.495 e. The summed E-state index contributed by atoms with van der Waals surface area (Å²) in [4.78, 5) is 67.7. The molecule has 0 aromatic heterocycles. The third-order valence-electron chi connectivity index (χ3n) is 12.1. The van der Waals surface area contributed by atoms with Crippen molar-refractivity contribution < 1.29 is 52.4 Å². The van der Waals surface area contributed by atoms with E-state index in [0.717, 1.165) is 27.8 Å². The quantitative estimate of drug-likeness (QED) is 0.0253. The van der Waals surface area contributed by atoms with Gasteiger partial charge in [-0.1, -0.05) is 158 Å². The van der Waals surface area contributed by atoms with E-state index in [9.17, 15) is 24.0 Å². The van der Waals surface area contributed by atoms with Crippen molar-refractivity contribution in [1.29, 1.82) is 0 Å². The molecular formula is C53H58Cl4N2O11. The highest BCUT2D eigenvalue weighted by Crippen LogP contribution is 2.46. The Kier molecular flexibility index (Phi) is 18.7. The van der Waals surface area contributed by atoms with Crippen molar-refractivity contribution in [3.63, 3.8) is 0 Å². The van der Waals surface area contributed by atoms with Gasteiger partial charge in [-0.3, -0.25) is 9.59 Å². The third-order valence-corrected chi connectivity index (χ3v) is 12.7. The van der Waals surface area contributed by atoms with E-state index in [4.69, 9.17) is 74.8 Å². The summed E-state index contributed by atoms with van der Waals surface area (Å²) in [5, 5.41) is 5.64. The van der Waals surface area contributed by atoms with Gasteiger partial charge in [-0.15, -0.1) is 0 Å². The van der Waals surface area contributed by atoms with E-state index in [1.54, 1.807) is 32.0 Å². The number of amides is 2. The van der Waals surface area contributed by atoms with Crippen LogP contribution in [0.5, 0.6) is 5.75 Å². The van der Waals surface area contributed by atoms with Crippen LogP contribution >= 0.6 is 46.4 Å². The number of benzene rings is 4. The van der Waals surface area contributed by atoms with Crippen LogP contribution in [0.15, 0.2) is 109 Å². The van der Waals surface area contributed by atoms with Crippen LogP contribution in [-0.4, -0.2) is 84.9 Å². The maximum Gasteiger partial charge on any atom is 0.407 e. The minimum Gasteiger partial charge on any atom is -0.495 e. The van der Waals surface area contributed by atoms with Gasteiger partial charge in [-0.2, -0.15) is 0 Å². The van der Waals surface area contributed by atoms with Crippen LogP contribution in [0, 0.1) is 17.3 Å². The standard InChI is InChI=1S/C53H58Cl4N2O11/c1-31(2)25-44(69-50(63)52(4,5)29-58-51(64)66-28-39-37-19-12-10-17-35(37)36-18-11-13-20-38(36)39)49(62)68-42(32(3)46-47(70-46)34-15-8-7-9-16-34)21-14-22-45(60)59-41(48(61)67-30-53(55,56)57)27-33-23-24-43(65-6)40(54)26-33/h7-20,22-24,26,31-32,39,41-42,44,46-47H,21,25,27-30H2,1-6H3,(H,58,64)(H,59,60)/b22-14+/t32-,41+,42-,44-,46+,47-/m0/s1. The highest BCUT2D eigenvalue weighted by atomic mass is 35.6. The first kappa shape index (κ1) is 54.0. The first-order valence-corrected chi connectivity index (χ1v) is 24.5. The van der Waals surface area contributed by atoms with E-state index in [-0.39, 0.29) is 56.5 Å². The zero-order valence-electron chi connectivity index (χ0n) is 39.8. The molecule has 4 aromatic rings. The molecule has 0 spiro atoms. The smallest absolute Gasteiger partial charge is 0.407 e. The zero-order valence-corrected chi connectivity index (χ0v) is 42.8. The first-order chi connectivity index (χ1) is 33.2. The summed E-state index contributed by atoms with van der Waals surface area (Å²) in [6.45, 7) is 8.22. The molecule has 1 saturated heterocycles. The van der Waals surface area contributed by atoms with Gasteiger partial charge in [0.2, 0.25) is 9.70 Å². The van der Waals surface area contributed by atoms with Crippen molar-refractivity contribution in [1.82, 2.24) is 10.6 Å². The lowest BCUT2D eigenvalue weighted by Crippen LogP contribution is -2.44. The summed E-state index contributed by atoms with van der Waals surface area (Å²) in [6, 6.07) is 29.3. The van der Waals surface area contributed by atoms with Crippen molar-refractivity contribution >= 4 is 76.3 Å². The maximum absolute atomic E-state index is 14.2. The second-order valence-corrected chi connectivity index (χ2v) is 21.4. The Labute approximate surface area is 428 Å². The molecule has 1 heterocycles. The highest BCUT2D eigenvalue weighted by Gasteiger charge is 2.48. The average Bonchev–Trinajstić information content (AvgIpc) is 4.07. The Balaban J connectivity index is 1.10. The molecule has 6 atom stereocenters. The average molecular weight is 1040 g/mol. The monoisotopic (exact) mass is 1040 g/mol. The number of methoxy groups -OCH3 is 1. The molecule has 13 nitrogen and oxygen atoms in total. The molecule has 70 heavy (non-hydrogen) atoms. The van der Waals surface area contributed by atoms with Crippen LogP contribution in [0.2, 0.25) is 5.02 Å². The summed E-state index contributed by atoms with van der Waals surface area (Å²) in [5.74, 6) is -3.27. The molecule has 1 aliphatic heterocycles. The lowest BCUT2D eigenvalue weighted by atomic mass is 9.93. The third kappa shape index (κ3) is 14.9. The molecule has 4 aromatic carbocycles.